The lowest BCUT2D eigenvalue weighted by Gasteiger charge is -2.21. The van der Waals surface area contributed by atoms with Crippen molar-refractivity contribution in [2.45, 2.75) is 6.42 Å². The van der Waals surface area contributed by atoms with Crippen LogP contribution in [0.2, 0.25) is 0 Å². The van der Waals surface area contributed by atoms with Crippen molar-refractivity contribution < 1.29 is 14.6 Å². The van der Waals surface area contributed by atoms with Crippen LogP contribution in [0.25, 0.3) is 10.4 Å². The monoisotopic (exact) mass is 308 g/mol. The first-order chi connectivity index (χ1) is 10.7. The number of carboxylic acids is 1. The summed E-state index contributed by atoms with van der Waals surface area (Å²) in [6.45, 7) is 0. The molecular formula is C18H12O3S. The Bertz CT molecular complexity index is 866. The van der Waals surface area contributed by atoms with E-state index in [4.69, 9.17) is 9.84 Å². The zero-order chi connectivity index (χ0) is 15.1. The Morgan fingerprint density at radius 3 is 2.55 bits per heavy atom. The maximum atomic E-state index is 11.1. The second kappa shape index (κ2) is 5.00. The van der Waals surface area contributed by atoms with E-state index in [1.165, 1.54) is 4.88 Å². The van der Waals surface area contributed by atoms with Crippen molar-refractivity contribution in [3.8, 4) is 21.9 Å². The number of fused-ring (bicyclic) bond motifs is 2. The molecule has 4 heteroatoms. The highest BCUT2D eigenvalue weighted by Gasteiger charge is 2.19. The number of benzene rings is 2. The molecule has 0 bridgehead atoms. The van der Waals surface area contributed by atoms with Gasteiger partial charge < -0.3 is 9.84 Å². The molecule has 1 aliphatic rings. The summed E-state index contributed by atoms with van der Waals surface area (Å²) in [5, 5.41) is 11.2. The average Bonchev–Trinajstić information content (AvgIpc) is 3.06. The number of hydrogen-bond donors (Lipinski definition) is 1. The SMILES string of the molecule is O=C(O)c1ccc2c(c1)Cc1cc(-c3cccs3)ccc1O2. The van der Waals surface area contributed by atoms with Gasteiger partial charge in [-0.2, -0.15) is 0 Å². The van der Waals surface area contributed by atoms with Crippen LogP contribution in [0.1, 0.15) is 21.5 Å². The smallest absolute Gasteiger partial charge is 0.335 e. The molecule has 3 nitrogen and oxygen atoms in total. The molecule has 2 aromatic carbocycles. The molecule has 0 fully saturated rings. The Labute approximate surface area is 131 Å². The highest BCUT2D eigenvalue weighted by atomic mass is 32.1. The summed E-state index contributed by atoms with van der Waals surface area (Å²) in [4.78, 5) is 12.3. The molecule has 22 heavy (non-hydrogen) atoms. The fraction of sp³-hybridized carbons (Fsp3) is 0.0556. The summed E-state index contributed by atoms with van der Waals surface area (Å²) in [5.41, 5.74) is 3.45. The summed E-state index contributed by atoms with van der Waals surface area (Å²) >= 11 is 1.70. The van der Waals surface area contributed by atoms with Crippen molar-refractivity contribution in [2.24, 2.45) is 0 Å². The molecule has 0 atom stereocenters. The van der Waals surface area contributed by atoms with Gasteiger partial charge in [-0.3, -0.25) is 0 Å². The second-order valence-corrected chi connectivity index (χ2v) is 6.15. The van der Waals surface area contributed by atoms with E-state index in [0.717, 1.165) is 28.2 Å². The number of ether oxygens (including phenoxy) is 1. The van der Waals surface area contributed by atoms with Gasteiger partial charge >= 0.3 is 5.97 Å². The average molecular weight is 308 g/mol. The number of hydrogen-bond acceptors (Lipinski definition) is 3. The van der Waals surface area contributed by atoms with Crippen LogP contribution in [0.15, 0.2) is 53.9 Å². The van der Waals surface area contributed by atoms with E-state index >= 15 is 0 Å². The molecule has 1 N–H and O–H groups in total. The van der Waals surface area contributed by atoms with Gasteiger partial charge in [0.1, 0.15) is 11.5 Å². The molecule has 0 saturated carbocycles. The van der Waals surface area contributed by atoms with E-state index in [9.17, 15) is 4.79 Å². The van der Waals surface area contributed by atoms with Gasteiger partial charge in [0.25, 0.3) is 0 Å². The molecule has 1 aromatic heterocycles. The van der Waals surface area contributed by atoms with Crippen LogP contribution in [0.4, 0.5) is 0 Å². The molecule has 0 aliphatic carbocycles. The number of carboxylic acid groups (broad SMARTS) is 1. The van der Waals surface area contributed by atoms with E-state index < -0.39 is 5.97 Å². The summed E-state index contributed by atoms with van der Waals surface area (Å²) in [7, 11) is 0. The summed E-state index contributed by atoms with van der Waals surface area (Å²) in [6, 6.07) is 15.3. The molecular weight excluding hydrogens is 296 g/mol. The lowest BCUT2D eigenvalue weighted by atomic mass is 9.97. The Hall–Kier alpha value is -2.59. The highest BCUT2D eigenvalue weighted by molar-refractivity contribution is 7.13. The number of aromatic carboxylic acids is 1. The molecule has 4 rings (SSSR count). The van der Waals surface area contributed by atoms with Crippen LogP contribution < -0.4 is 4.74 Å². The Morgan fingerprint density at radius 1 is 1.05 bits per heavy atom. The predicted molar refractivity (Wildman–Crippen MR) is 86.0 cm³/mol. The lowest BCUT2D eigenvalue weighted by molar-refractivity contribution is 0.0696. The zero-order valence-electron chi connectivity index (χ0n) is 11.6. The first kappa shape index (κ1) is 13.1. The molecule has 1 aliphatic heterocycles. The summed E-state index contributed by atoms with van der Waals surface area (Å²) in [6.07, 6.45) is 0.686. The molecule has 0 saturated heterocycles. The van der Waals surface area contributed by atoms with Crippen LogP contribution in [0.5, 0.6) is 11.5 Å². The third-order valence-corrected chi connectivity index (χ3v) is 4.69. The Kier molecular flexibility index (Phi) is 2.98. The topological polar surface area (TPSA) is 46.5 Å². The largest absolute Gasteiger partial charge is 0.478 e. The van der Waals surface area contributed by atoms with E-state index in [-0.39, 0.29) is 0 Å². The fourth-order valence-corrected chi connectivity index (χ4v) is 3.41. The van der Waals surface area contributed by atoms with Gasteiger partial charge in [0.2, 0.25) is 0 Å². The first-order valence-corrected chi connectivity index (χ1v) is 7.79. The van der Waals surface area contributed by atoms with E-state index in [0.29, 0.717) is 12.0 Å². The minimum absolute atomic E-state index is 0.292. The maximum Gasteiger partial charge on any atom is 0.335 e. The molecule has 0 radical (unpaired) electrons. The molecule has 2 heterocycles. The van der Waals surface area contributed by atoms with Crippen molar-refractivity contribution in [1.82, 2.24) is 0 Å². The van der Waals surface area contributed by atoms with Crippen LogP contribution in [-0.2, 0) is 6.42 Å². The number of rotatable bonds is 2. The lowest BCUT2D eigenvalue weighted by Crippen LogP contribution is -2.05. The van der Waals surface area contributed by atoms with Gasteiger partial charge in [-0.05, 0) is 59.0 Å². The van der Waals surface area contributed by atoms with Crippen LogP contribution in [0.3, 0.4) is 0 Å². The third-order valence-electron chi connectivity index (χ3n) is 3.77. The van der Waals surface area contributed by atoms with Gasteiger partial charge in [-0.25, -0.2) is 4.79 Å². The van der Waals surface area contributed by atoms with Crippen molar-refractivity contribution in [3.63, 3.8) is 0 Å². The number of thiophene rings is 1. The third kappa shape index (κ3) is 2.18. The maximum absolute atomic E-state index is 11.1. The van der Waals surface area contributed by atoms with Crippen molar-refractivity contribution in [2.75, 3.05) is 0 Å². The minimum Gasteiger partial charge on any atom is -0.478 e. The Morgan fingerprint density at radius 2 is 1.82 bits per heavy atom. The van der Waals surface area contributed by atoms with Crippen LogP contribution in [-0.4, -0.2) is 11.1 Å². The highest BCUT2D eigenvalue weighted by Crippen LogP contribution is 2.39. The zero-order valence-corrected chi connectivity index (χ0v) is 12.4. The quantitative estimate of drug-likeness (QED) is 0.578. The van der Waals surface area contributed by atoms with Gasteiger partial charge in [-0.15, -0.1) is 11.3 Å². The van der Waals surface area contributed by atoms with Gasteiger partial charge in [0.15, 0.2) is 0 Å². The van der Waals surface area contributed by atoms with Gasteiger partial charge in [0.05, 0.1) is 5.56 Å². The molecule has 0 amide bonds. The molecule has 108 valence electrons. The van der Waals surface area contributed by atoms with Crippen LogP contribution in [0, 0.1) is 0 Å². The first-order valence-electron chi connectivity index (χ1n) is 6.91. The van der Waals surface area contributed by atoms with E-state index in [1.54, 1.807) is 29.5 Å². The van der Waals surface area contributed by atoms with Crippen molar-refractivity contribution in [1.29, 1.82) is 0 Å². The van der Waals surface area contributed by atoms with Gasteiger partial charge in [-0.1, -0.05) is 6.07 Å². The van der Waals surface area contributed by atoms with E-state index in [1.807, 2.05) is 12.1 Å². The van der Waals surface area contributed by atoms with Gasteiger partial charge in [0, 0.05) is 16.9 Å². The van der Waals surface area contributed by atoms with Crippen molar-refractivity contribution >= 4 is 17.3 Å². The molecule has 3 aromatic rings. The van der Waals surface area contributed by atoms with E-state index in [2.05, 4.69) is 23.6 Å². The Balaban J connectivity index is 1.74. The number of carbonyl (C=O) groups is 1. The van der Waals surface area contributed by atoms with Crippen LogP contribution >= 0.6 is 11.3 Å². The summed E-state index contributed by atoms with van der Waals surface area (Å²) < 4.78 is 5.89. The predicted octanol–water partition coefficient (Wildman–Crippen LogP) is 4.81. The molecule has 0 spiro atoms. The second-order valence-electron chi connectivity index (χ2n) is 5.21. The van der Waals surface area contributed by atoms with Crippen molar-refractivity contribution in [3.05, 3.63) is 70.6 Å². The summed E-state index contributed by atoms with van der Waals surface area (Å²) in [5.74, 6) is 0.665. The minimum atomic E-state index is -0.916. The standard InChI is InChI=1S/C18H12O3S/c19-18(20)12-4-6-16-14(9-12)10-13-8-11(3-5-15(13)21-16)17-2-1-7-22-17/h1-9H,10H2,(H,19,20). The molecule has 0 unspecified atom stereocenters. The fourth-order valence-electron chi connectivity index (χ4n) is 2.69. The normalized spacial score (nSPS) is 12.2.